The van der Waals surface area contributed by atoms with Gasteiger partial charge in [0.2, 0.25) is 11.8 Å². The highest BCUT2D eigenvalue weighted by Crippen LogP contribution is 2.32. The van der Waals surface area contributed by atoms with Crippen molar-refractivity contribution in [3.05, 3.63) is 52.0 Å². The lowest BCUT2D eigenvalue weighted by Crippen LogP contribution is -2.33. The Hall–Kier alpha value is -2.24. The zero-order chi connectivity index (χ0) is 18.4. The van der Waals surface area contributed by atoms with Crippen LogP contribution in [0.1, 0.15) is 12.0 Å². The van der Waals surface area contributed by atoms with Gasteiger partial charge in [0.05, 0.1) is 16.5 Å². The Labute approximate surface area is 161 Å². The van der Waals surface area contributed by atoms with E-state index in [4.69, 9.17) is 23.2 Å². The van der Waals surface area contributed by atoms with Crippen LogP contribution in [0.15, 0.2) is 36.4 Å². The van der Waals surface area contributed by atoms with E-state index in [1.165, 1.54) is 0 Å². The molecule has 1 unspecified atom stereocenters. The van der Waals surface area contributed by atoms with Gasteiger partial charge < -0.3 is 15.1 Å². The van der Waals surface area contributed by atoms with Crippen LogP contribution >= 0.6 is 23.2 Å². The quantitative estimate of drug-likeness (QED) is 0.869. The monoisotopic (exact) mass is 389 g/mol. The summed E-state index contributed by atoms with van der Waals surface area (Å²) in [4.78, 5) is 28.0. The first-order valence-corrected chi connectivity index (χ1v) is 9.12. The van der Waals surface area contributed by atoms with E-state index in [1.54, 1.807) is 35.0 Å². The van der Waals surface area contributed by atoms with Crippen LogP contribution in [0.25, 0.3) is 0 Å². The van der Waals surface area contributed by atoms with Gasteiger partial charge in [-0.2, -0.15) is 0 Å². The first-order valence-electron chi connectivity index (χ1n) is 8.36. The maximum atomic E-state index is 12.8. The van der Waals surface area contributed by atoms with E-state index < -0.39 is 0 Å². The average molecular weight is 390 g/mol. The number of anilines is 3. The predicted molar refractivity (Wildman–Crippen MR) is 104 cm³/mol. The summed E-state index contributed by atoms with van der Waals surface area (Å²) >= 11 is 12.0. The van der Waals surface area contributed by atoms with Crippen molar-refractivity contribution >= 4 is 52.1 Å². The summed E-state index contributed by atoms with van der Waals surface area (Å²) in [6.45, 7) is 0.612. The molecule has 1 atom stereocenters. The molecule has 2 aliphatic rings. The van der Waals surface area contributed by atoms with Crippen molar-refractivity contribution < 1.29 is 9.59 Å². The molecule has 134 valence electrons. The van der Waals surface area contributed by atoms with Gasteiger partial charge in [0, 0.05) is 30.7 Å². The molecule has 2 aromatic rings. The van der Waals surface area contributed by atoms with Crippen LogP contribution in [0.5, 0.6) is 0 Å². The highest BCUT2D eigenvalue weighted by atomic mass is 35.5. The Morgan fingerprint density at radius 1 is 1.08 bits per heavy atom. The van der Waals surface area contributed by atoms with Crippen LogP contribution in [0, 0.1) is 0 Å². The molecule has 7 heteroatoms. The number of amides is 2. The van der Waals surface area contributed by atoms with Gasteiger partial charge in [-0.25, -0.2) is 0 Å². The van der Waals surface area contributed by atoms with Crippen molar-refractivity contribution in [1.29, 1.82) is 0 Å². The average Bonchev–Trinajstić information content (AvgIpc) is 3.11. The number of likely N-dealkylation sites (N-methyl/N-ethyl adjacent to an activating group) is 1. The summed E-state index contributed by atoms with van der Waals surface area (Å²) < 4.78 is 0. The van der Waals surface area contributed by atoms with Crippen molar-refractivity contribution in [1.82, 2.24) is 0 Å². The molecule has 2 heterocycles. The molecule has 0 aliphatic carbocycles. The van der Waals surface area contributed by atoms with Crippen LogP contribution < -0.4 is 15.1 Å². The van der Waals surface area contributed by atoms with Crippen molar-refractivity contribution in [2.24, 2.45) is 0 Å². The molecule has 0 radical (unpaired) electrons. The number of hydrogen-bond donors (Lipinski definition) is 1. The highest BCUT2D eigenvalue weighted by molar-refractivity contribution is 6.42. The van der Waals surface area contributed by atoms with Crippen LogP contribution in [-0.4, -0.2) is 31.4 Å². The third kappa shape index (κ3) is 2.91. The smallest absolute Gasteiger partial charge is 0.249 e. The predicted octanol–water partition coefficient (Wildman–Crippen LogP) is 3.73. The van der Waals surface area contributed by atoms with E-state index in [2.05, 4.69) is 5.32 Å². The first-order chi connectivity index (χ1) is 12.4. The molecular weight excluding hydrogens is 373 g/mol. The standard InChI is InChI=1S/C19H17Cl2N3O2/c1-23-17-5-2-12(8-11(17)9-18(23)25)22-16-6-7-24(19(16)26)13-3-4-14(20)15(21)10-13/h2-5,8,10,16,22H,6-7,9H2,1H3. The summed E-state index contributed by atoms with van der Waals surface area (Å²) in [6, 6.07) is 10.7. The van der Waals surface area contributed by atoms with Crippen molar-refractivity contribution in [2.45, 2.75) is 18.9 Å². The van der Waals surface area contributed by atoms with Crippen LogP contribution in [0.2, 0.25) is 10.0 Å². The number of fused-ring (bicyclic) bond motifs is 1. The fourth-order valence-electron chi connectivity index (χ4n) is 3.48. The van der Waals surface area contributed by atoms with Gasteiger partial charge in [0.25, 0.3) is 0 Å². The maximum Gasteiger partial charge on any atom is 0.249 e. The number of hydrogen-bond acceptors (Lipinski definition) is 3. The molecule has 1 saturated heterocycles. The number of halogens is 2. The number of carbonyl (C=O) groups is 2. The fourth-order valence-corrected chi connectivity index (χ4v) is 3.78. The lowest BCUT2D eigenvalue weighted by molar-refractivity contribution is -0.118. The topological polar surface area (TPSA) is 52.7 Å². The third-order valence-corrected chi connectivity index (χ3v) is 5.66. The number of nitrogens with one attached hydrogen (secondary N) is 1. The molecule has 0 aromatic heterocycles. The fraction of sp³-hybridized carbons (Fsp3) is 0.263. The minimum atomic E-state index is -0.308. The highest BCUT2D eigenvalue weighted by Gasteiger charge is 2.33. The van der Waals surface area contributed by atoms with Crippen molar-refractivity contribution in [3.63, 3.8) is 0 Å². The van der Waals surface area contributed by atoms with E-state index >= 15 is 0 Å². The summed E-state index contributed by atoms with van der Waals surface area (Å²) in [7, 11) is 1.77. The summed E-state index contributed by atoms with van der Waals surface area (Å²) in [5, 5.41) is 4.19. The molecule has 1 fully saturated rings. The van der Waals surface area contributed by atoms with Crippen molar-refractivity contribution in [3.8, 4) is 0 Å². The molecule has 26 heavy (non-hydrogen) atoms. The third-order valence-electron chi connectivity index (χ3n) is 4.92. The van der Waals surface area contributed by atoms with Crippen LogP contribution in [-0.2, 0) is 16.0 Å². The van der Waals surface area contributed by atoms with Gasteiger partial charge in [-0.3, -0.25) is 9.59 Å². The Morgan fingerprint density at radius 2 is 1.88 bits per heavy atom. The Morgan fingerprint density at radius 3 is 2.65 bits per heavy atom. The molecule has 5 nitrogen and oxygen atoms in total. The second-order valence-corrected chi connectivity index (χ2v) is 7.36. The molecule has 0 bridgehead atoms. The number of benzene rings is 2. The first kappa shape index (κ1) is 17.2. The van der Waals surface area contributed by atoms with Gasteiger partial charge >= 0.3 is 0 Å². The molecular formula is C19H17Cl2N3O2. The minimum absolute atomic E-state index is 0.00270. The lowest BCUT2D eigenvalue weighted by atomic mass is 10.1. The second-order valence-electron chi connectivity index (χ2n) is 6.55. The van der Waals surface area contributed by atoms with E-state index in [1.807, 2.05) is 18.2 Å². The summed E-state index contributed by atoms with van der Waals surface area (Å²) in [5.74, 6) is 0.0805. The molecule has 1 N–H and O–H groups in total. The summed E-state index contributed by atoms with van der Waals surface area (Å²) in [5.41, 5.74) is 3.50. The van der Waals surface area contributed by atoms with Gasteiger partial charge in [-0.05, 0) is 48.4 Å². The van der Waals surface area contributed by atoms with Gasteiger partial charge in [0.15, 0.2) is 0 Å². The molecule has 0 saturated carbocycles. The van der Waals surface area contributed by atoms with E-state index in [0.717, 1.165) is 22.6 Å². The molecule has 2 amide bonds. The number of nitrogens with zero attached hydrogens (tertiary/aromatic N) is 2. The SMILES string of the molecule is CN1C(=O)Cc2cc(NC3CCN(c4ccc(Cl)c(Cl)c4)C3=O)ccc21. The summed E-state index contributed by atoms with van der Waals surface area (Å²) in [6.07, 6.45) is 1.09. The zero-order valence-electron chi connectivity index (χ0n) is 14.1. The van der Waals surface area contributed by atoms with Crippen LogP contribution in [0.3, 0.4) is 0 Å². The Bertz CT molecular complexity index is 916. The molecule has 0 spiro atoms. The van der Waals surface area contributed by atoms with Crippen molar-refractivity contribution in [2.75, 3.05) is 28.7 Å². The Balaban J connectivity index is 1.50. The molecule has 4 rings (SSSR count). The minimum Gasteiger partial charge on any atom is -0.374 e. The lowest BCUT2D eigenvalue weighted by Gasteiger charge is -2.18. The number of rotatable bonds is 3. The zero-order valence-corrected chi connectivity index (χ0v) is 15.6. The molecule has 2 aromatic carbocycles. The van der Waals surface area contributed by atoms with E-state index in [-0.39, 0.29) is 17.9 Å². The van der Waals surface area contributed by atoms with Crippen LogP contribution in [0.4, 0.5) is 17.1 Å². The van der Waals surface area contributed by atoms with Gasteiger partial charge in [0.1, 0.15) is 6.04 Å². The van der Waals surface area contributed by atoms with E-state index in [0.29, 0.717) is 29.4 Å². The van der Waals surface area contributed by atoms with Gasteiger partial charge in [-0.1, -0.05) is 23.2 Å². The Kier molecular flexibility index (Phi) is 4.29. The molecule has 2 aliphatic heterocycles. The second kappa shape index (κ2) is 6.49. The largest absolute Gasteiger partial charge is 0.374 e. The van der Waals surface area contributed by atoms with E-state index in [9.17, 15) is 9.59 Å². The number of carbonyl (C=O) groups excluding carboxylic acids is 2. The van der Waals surface area contributed by atoms with Gasteiger partial charge in [-0.15, -0.1) is 0 Å². The maximum absolute atomic E-state index is 12.8. The normalized spacial score (nSPS) is 19.3.